The number of nitrogens with zero attached hydrogens (tertiary/aromatic N) is 2. The second kappa shape index (κ2) is 7.29. The number of rotatable bonds is 6. The Morgan fingerprint density at radius 1 is 1.19 bits per heavy atom. The summed E-state index contributed by atoms with van der Waals surface area (Å²) in [6.07, 6.45) is 2.19. The Bertz CT molecular complexity index is 1010. The molecule has 1 amide bonds. The van der Waals surface area contributed by atoms with Crippen molar-refractivity contribution >= 4 is 29.7 Å². The van der Waals surface area contributed by atoms with E-state index >= 15 is 0 Å². The van der Waals surface area contributed by atoms with E-state index in [1.807, 2.05) is 30.3 Å². The molecule has 7 heteroatoms. The van der Waals surface area contributed by atoms with Gasteiger partial charge in [-0.3, -0.25) is 14.5 Å². The molecule has 138 valence electrons. The van der Waals surface area contributed by atoms with Crippen LogP contribution < -0.4 is 5.32 Å². The lowest BCUT2D eigenvalue weighted by Gasteiger charge is -2.17. The maximum absolute atomic E-state index is 12.6. The molecule has 27 heavy (non-hydrogen) atoms. The largest absolute Gasteiger partial charge is 0.354 e. The summed E-state index contributed by atoms with van der Waals surface area (Å²) in [5.41, 5.74) is 2.21. The second-order valence-electron chi connectivity index (χ2n) is 6.87. The van der Waals surface area contributed by atoms with Gasteiger partial charge in [-0.2, -0.15) is 5.10 Å². The smallest absolute Gasteiger partial charge is 0.240 e. The minimum atomic E-state index is -0.0788. The van der Waals surface area contributed by atoms with Crippen LogP contribution in [0.3, 0.4) is 0 Å². The van der Waals surface area contributed by atoms with Gasteiger partial charge >= 0.3 is 0 Å². The van der Waals surface area contributed by atoms with Gasteiger partial charge in [0.25, 0.3) is 0 Å². The zero-order valence-electron chi connectivity index (χ0n) is 14.6. The molecule has 0 bridgehead atoms. The first-order valence-corrected chi connectivity index (χ1v) is 9.59. The normalized spacial score (nSPS) is 14.7. The SMILES string of the molecule is O=C(Cn1c(-c2ccc(Cl)cc2)n[nH]c1=S)NCC1(c2ccccc2)CC1. The molecule has 0 radical (unpaired) electrons. The van der Waals surface area contributed by atoms with E-state index in [2.05, 4.69) is 27.6 Å². The van der Waals surface area contributed by atoms with Crippen LogP contribution in [0.2, 0.25) is 5.02 Å². The molecule has 0 unspecified atom stereocenters. The first-order chi connectivity index (χ1) is 13.1. The number of amides is 1. The molecule has 0 atom stereocenters. The molecule has 1 aliphatic rings. The second-order valence-corrected chi connectivity index (χ2v) is 7.69. The summed E-state index contributed by atoms with van der Waals surface area (Å²) in [7, 11) is 0. The number of carbonyl (C=O) groups excluding carboxylic acids is 1. The summed E-state index contributed by atoms with van der Waals surface area (Å²) in [6, 6.07) is 17.6. The van der Waals surface area contributed by atoms with Gasteiger partial charge < -0.3 is 5.32 Å². The third-order valence-electron chi connectivity index (χ3n) is 5.03. The van der Waals surface area contributed by atoms with Gasteiger partial charge in [0.05, 0.1) is 0 Å². The van der Waals surface area contributed by atoms with E-state index in [9.17, 15) is 4.79 Å². The molecule has 1 aliphatic carbocycles. The Kier molecular flexibility index (Phi) is 4.85. The van der Waals surface area contributed by atoms with Crippen LogP contribution in [-0.4, -0.2) is 27.2 Å². The zero-order chi connectivity index (χ0) is 18.9. The van der Waals surface area contributed by atoms with E-state index in [0.717, 1.165) is 18.4 Å². The molecular formula is C20H19ClN4OS. The minimum absolute atomic E-state index is 0.0772. The fourth-order valence-electron chi connectivity index (χ4n) is 3.26. The van der Waals surface area contributed by atoms with E-state index in [0.29, 0.717) is 22.2 Å². The molecule has 3 aromatic rings. The average molecular weight is 399 g/mol. The molecule has 1 fully saturated rings. The predicted molar refractivity (Wildman–Crippen MR) is 108 cm³/mol. The van der Waals surface area contributed by atoms with Crippen molar-refractivity contribution in [3.63, 3.8) is 0 Å². The Morgan fingerprint density at radius 2 is 1.89 bits per heavy atom. The molecule has 0 spiro atoms. The number of hydrogen-bond acceptors (Lipinski definition) is 3. The Morgan fingerprint density at radius 3 is 2.56 bits per heavy atom. The van der Waals surface area contributed by atoms with Crippen LogP contribution in [0.5, 0.6) is 0 Å². The number of nitrogens with one attached hydrogen (secondary N) is 2. The van der Waals surface area contributed by atoms with Crippen molar-refractivity contribution in [2.75, 3.05) is 6.54 Å². The lowest BCUT2D eigenvalue weighted by Crippen LogP contribution is -2.34. The molecule has 1 saturated carbocycles. The number of hydrogen-bond donors (Lipinski definition) is 2. The number of carbonyl (C=O) groups is 1. The van der Waals surface area contributed by atoms with Gasteiger partial charge in [-0.25, -0.2) is 0 Å². The summed E-state index contributed by atoms with van der Waals surface area (Å²) in [5.74, 6) is 0.543. The fraction of sp³-hybridized carbons (Fsp3) is 0.250. The summed E-state index contributed by atoms with van der Waals surface area (Å²) in [4.78, 5) is 12.6. The number of aromatic amines is 1. The third-order valence-corrected chi connectivity index (χ3v) is 5.59. The summed E-state index contributed by atoms with van der Waals surface area (Å²) in [6.45, 7) is 0.759. The number of H-pyrrole nitrogens is 1. The van der Waals surface area contributed by atoms with Crippen LogP contribution in [0, 0.1) is 4.77 Å². The average Bonchev–Trinajstić information content (AvgIpc) is 3.41. The van der Waals surface area contributed by atoms with Crippen molar-refractivity contribution in [3.05, 3.63) is 70.0 Å². The van der Waals surface area contributed by atoms with Gasteiger partial charge in [-0.05, 0) is 54.9 Å². The number of halogens is 1. The van der Waals surface area contributed by atoms with E-state index in [1.54, 1.807) is 16.7 Å². The summed E-state index contributed by atoms with van der Waals surface area (Å²) >= 11 is 11.3. The zero-order valence-corrected chi connectivity index (χ0v) is 16.2. The molecule has 2 aromatic carbocycles. The van der Waals surface area contributed by atoms with Crippen LogP contribution >= 0.6 is 23.8 Å². The minimum Gasteiger partial charge on any atom is -0.354 e. The Hall–Kier alpha value is -2.44. The number of aromatic nitrogens is 3. The lowest BCUT2D eigenvalue weighted by atomic mass is 9.96. The quantitative estimate of drug-likeness (QED) is 0.614. The Balaban J connectivity index is 1.46. The van der Waals surface area contributed by atoms with E-state index in [-0.39, 0.29) is 17.9 Å². The van der Waals surface area contributed by atoms with Gasteiger partial charge in [0, 0.05) is 22.5 Å². The van der Waals surface area contributed by atoms with Crippen molar-refractivity contribution in [2.24, 2.45) is 0 Å². The number of benzene rings is 2. The maximum atomic E-state index is 12.6. The molecule has 0 aliphatic heterocycles. The van der Waals surface area contributed by atoms with Crippen LogP contribution in [-0.2, 0) is 16.8 Å². The first kappa shape index (κ1) is 17.9. The highest BCUT2D eigenvalue weighted by atomic mass is 35.5. The van der Waals surface area contributed by atoms with Crippen LogP contribution in [0.1, 0.15) is 18.4 Å². The van der Waals surface area contributed by atoms with Crippen LogP contribution in [0.4, 0.5) is 0 Å². The highest BCUT2D eigenvalue weighted by molar-refractivity contribution is 7.71. The van der Waals surface area contributed by atoms with Crippen LogP contribution in [0.15, 0.2) is 54.6 Å². The fourth-order valence-corrected chi connectivity index (χ4v) is 3.58. The van der Waals surface area contributed by atoms with Crippen molar-refractivity contribution in [1.29, 1.82) is 0 Å². The van der Waals surface area contributed by atoms with E-state index < -0.39 is 0 Å². The highest BCUT2D eigenvalue weighted by Gasteiger charge is 2.44. The van der Waals surface area contributed by atoms with Gasteiger partial charge in [-0.1, -0.05) is 41.9 Å². The molecule has 4 rings (SSSR count). The topological polar surface area (TPSA) is 62.7 Å². The van der Waals surface area contributed by atoms with Crippen LogP contribution in [0.25, 0.3) is 11.4 Å². The first-order valence-electron chi connectivity index (χ1n) is 8.81. The third kappa shape index (κ3) is 3.82. The molecule has 0 saturated heterocycles. The maximum Gasteiger partial charge on any atom is 0.240 e. The van der Waals surface area contributed by atoms with E-state index in [4.69, 9.17) is 23.8 Å². The molecular weight excluding hydrogens is 380 g/mol. The van der Waals surface area contributed by atoms with Crippen molar-refractivity contribution in [2.45, 2.75) is 24.8 Å². The van der Waals surface area contributed by atoms with Gasteiger partial charge in [0.1, 0.15) is 6.54 Å². The van der Waals surface area contributed by atoms with Crippen molar-refractivity contribution in [1.82, 2.24) is 20.1 Å². The van der Waals surface area contributed by atoms with Crippen molar-refractivity contribution in [3.8, 4) is 11.4 Å². The van der Waals surface area contributed by atoms with Gasteiger partial charge in [-0.15, -0.1) is 0 Å². The molecule has 1 aromatic heterocycles. The van der Waals surface area contributed by atoms with Gasteiger partial charge in [0.2, 0.25) is 5.91 Å². The molecule has 5 nitrogen and oxygen atoms in total. The predicted octanol–water partition coefficient (Wildman–Crippen LogP) is 4.11. The molecule has 1 heterocycles. The van der Waals surface area contributed by atoms with E-state index in [1.165, 1.54) is 5.56 Å². The summed E-state index contributed by atoms with van der Waals surface area (Å²) in [5, 5.41) is 10.7. The Labute approximate surface area is 167 Å². The van der Waals surface area contributed by atoms with Crippen molar-refractivity contribution < 1.29 is 4.79 Å². The highest BCUT2D eigenvalue weighted by Crippen LogP contribution is 2.47. The lowest BCUT2D eigenvalue weighted by molar-refractivity contribution is -0.121. The summed E-state index contributed by atoms with van der Waals surface area (Å²) < 4.78 is 2.12. The molecule has 2 N–H and O–H groups in total. The standard InChI is InChI=1S/C20H19ClN4OS/c21-16-8-6-14(7-9-16)18-23-24-19(27)25(18)12-17(26)22-13-20(10-11-20)15-4-2-1-3-5-15/h1-9H,10-13H2,(H,22,26)(H,24,27). The van der Waals surface area contributed by atoms with Gasteiger partial charge in [0.15, 0.2) is 10.6 Å². The monoisotopic (exact) mass is 398 g/mol.